The van der Waals surface area contributed by atoms with E-state index in [1.54, 1.807) is 12.1 Å². The van der Waals surface area contributed by atoms with Crippen molar-refractivity contribution in [2.45, 2.75) is 40.2 Å². The minimum Gasteiger partial charge on any atom is -0.489 e. The molecule has 0 atom stereocenters. The maximum atomic E-state index is 13.3. The van der Waals surface area contributed by atoms with Crippen molar-refractivity contribution in [1.82, 2.24) is 0 Å². The predicted octanol–water partition coefficient (Wildman–Crippen LogP) is 5.97. The highest BCUT2D eigenvalue weighted by atomic mass is 32.1. The van der Waals surface area contributed by atoms with Crippen molar-refractivity contribution in [3.63, 3.8) is 0 Å². The largest absolute Gasteiger partial charge is 0.489 e. The average Bonchev–Trinajstić information content (AvgIpc) is 2.54. The molecule has 0 aromatic heterocycles. The van der Waals surface area contributed by atoms with E-state index in [0.29, 0.717) is 22.7 Å². The fourth-order valence-corrected chi connectivity index (χ4v) is 2.52. The molecule has 5 heteroatoms. The number of rotatable bonds is 6. The lowest BCUT2D eigenvalue weighted by molar-refractivity contribution is 0.152. The van der Waals surface area contributed by atoms with Gasteiger partial charge in [0.15, 0.2) is 0 Å². The molecule has 2 aromatic rings. The van der Waals surface area contributed by atoms with Gasteiger partial charge in [-0.2, -0.15) is 0 Å². The highest BCUT2D eigenvalue weighted by molar-refractivity contribution is 7.80. The van der Waals surface area contributed by atoms with E-state index in [0.717, 1.165) is 16.9 Å². The van der Waals surface area contributed by atoms with Crippen LogP contribution in [0.15, 0.2) is 36.4 Å². The maximum Gasteiger partial charge on any atom is 0.265 e. The maximum absolute atomic E-state index is 13.3. The normalized spacial score (nSPS) is 10.8. The van der Waals surface area contributed by atoms with Gasteiger partial charge in [0.1, 0.15) is 12.4 Å². The third kappa shape index (κ3) is 4.51. The molecule has 0 bridgehead atoms. The number of aryl methyl sites for hydroxylation is 2. The Kier molecular flexibility index (Phi) is 6.26. The molecular formula is C19H21F2NOS. The van der Waals surface area contributed by atoms with E-state index in [-0.39, 0.29) is 12.2 Å². The van der Waals surface area contributed by atoms with Gasteiger partial charge in [0.2, 0.25) is 0 Å². The number of alkyl halides is 2. The van der Waals surface area contributed by atoms with Crippen molar-refractivity contribution >= 4 is 22.9 Å². The summed E-state index contributed by atoms with van der Waals surface area (Å²) >= 11 is 5.16. The Morgan fingerprint density at radius 2 is 1.96 bits per heavy atom. The van der Waals surface area contributed by atoms with Crippen molar-refractivity contribution < 1.29 is 13.5 Å². The lowest BCUT2D eigenvalue weighted by atomic mass is 10.1. The highest BCUT2D eigenvalue weighted by Gasteiger charge is 2.17. The van der Waals surface area contributed by atoms with Crippen LogP contribution in [0.3, 0.4) is 0 Å². The van der Waals surface area contributed by atoms with Gasteiger partial charge in [-0.3, -0.25) is 0 Å². The van der Waals surface area contributed by atoms with Crippen LogP contribution in [-0.2, 0) is 6.61 Å². The third-order valence-electron chi connectivity index (χ3n) is 3.72. The van der Waals surface area contributed by atoms with Crippen LogP contribution in [0.5, 0.6) is 5.75 Å². The molecule has 24 heavy (non-hydrogen) atoms. The smallest absolute Gasteiger partial charge is 0.265 e. The summed E-state index contributed by atoms with van der Waals surface area (Å²) < 4.78 is 32.5. The van der Waals surface area contributed by atoms with Crippen LogP contribution >= 0.6 is 12.2 Å². The summed E-state index contributed by atoms with van der Waals surface area (Å²) in [5.41, 5.74) is 3.11. The van der Waals surface area contributed by atoms with Crippen LogP contribution in [0.4, 0.5) is 14.5 Å². The molecule has 0 saturated carbocycles. The number of ether oxygens (including phenoxy) is 1. The highest BCUT2D eigenvalue weighted by Crippen LogP contribution is 2.31. The second-order valence-electron chi connectivity index (χ2n) is 5.64. The van der Waals surface area contributed by atoms with Gasteiger partial charge in [-0.1, -0.05) is 55.0 Å². The molecule has 0 spiro atoms. The molecule has 0 aliphatic heterocycles. The van der Waals surface area contributed by atoms with E-state index in [1.165, 1.54) is 6.07 Å². The molecule has 1 N–H and O–H groups in total. The predicted molar refractivity (Wildman–Crippen MR) is 98.2 cm³/mol. The van der Waals surface area contributed by atoms with E-state index >= 15 is 0 Å². The lowest BCUT2D eigenvalue weighted by Gasteiger charge is -2.17. The van der Waals surface area contributed by atoms with E-state index in [9.17, 15) is 8.78 Å². The van der Waals surface area contributed by atoms with E-state index in [1.807, 2.05) is 39.0 Å². The Labute approximate surface area is 146 Å². The second kappa shape index (κ2) is 8.20. The van der Waals surface area contributed by atoms with Crippen LogP contribution in [-0.4, -0.2) is 4.99 Å². The van der Waals surface area contributed by atoms with Gasteiger partial charge in [-0.15, -0.1) is 0 Å². The summed E-state index contributed by atoms with van der Waals surface area (Å²) in [6.07, 6.45) is -1.99. The molecule has 0 unspecified atom stereocenters. The first kappa shape index (κ1) is 18.3. The van der Waals surface area contributed by atoms with Gasteiger partial charge in [-0.25, -0.2) is 8.78 Å². The first-order valence-corrected chi connectivity index (χ1v) is 8.23. The Morgan fingerprint density at radius 1 is 1.21 bits per heavy atom. The Balaban J connectivity index is 2.28. The molecule has 2 rings (SSSR count). The summed E-state index contributed by atoms with van der Waals surface area (Å²) in [5, 5.41) is 2.94. The minimum atomic E-state index is -2.58. The monoisotopic (exact) mass is 349 g/mol. The number of nitrogens with one attached hydrogen (secondary N) is 1. The zero-order valence-corrected chi connectivity index (χ0v) is 14.8. The molecule has 0 radical (unpaired) electrons. The lowest BCUT2D eigenvalue weighted by Crippen LogP contribution is -2.13. The van der Waals surface area contributed by atoms with Crippen LogP contribution in [0, 0.1) is 13.8 Å². The molecule has 0 amide bonds. The van der Waals surface area contributed by atoms with Gasteiger partial charge in [-0.05, 0) is 31.9 Å². The van der Waals surface area contributed by atoms with Gasteiger partial charge in [0, 0.05) is 11.1 Å². The van der Waals surface area contributed by atoms with E-state index in [4.69, 9.17) is 17.0 Å². The molecule has 0 heterocycles. The number of benzene rings is 2. The van der Waals surface area contributed by atoms with Crippen molar-refractivity contribution in [2.24, 2.45) is 0 Å². The fourth-order valence-electron chi connectivity index (χ4n) is 2.42. The van der Waals surface area contributed by atoms with Crippen LogP contribution < -0.4 is 10.1 Å². The van der Waals surface area contributed by atoms with Crippen LogP contribution in [0.2, 0.25) is 0 Å². The number of thiocarbonyl (C=S) groups is 1. The van der Waals surface area contributed by atoms with Crippen molar-refractivity contribution in [1.29, 1.82) is 0 Å². The number of hydrogen-bond donors (Lipinski definition) is 1. The summed E-state index contributed by atoms with van der Waals surface area (Å²) in [6.45, 7) is 6.05. The Morgan fingerprint density at radius 3 is 2.58 bits per heavy atom. The average molecular weight is 349 g/mol. The number of halogens is 2. The molecule has 128 valence electrons. The second-order valence-corrected chi connectivity index (χ2v) is 6.13. The van der Waals surface area contributed by atoms with Crippen LogP contribution in [0.1, 0.15) is 42.0 Å². The summed E-state index contributed by atoms with van der Waals surface area (Å²) in [7, 11) is 0. The Hall–Kier alpha value is -2.01. The van der Waals surface area contributed by atoms with E-state index in [2.05, 4.69) is 5.32 Å². The van der Waals surface area contributed by atoms with Crippen molar-refractivity contribution in [3.05, 3.63) is 58.7 Å². The molecule has 2 nitrogen and oxygen atoms in total. The van der Waals surface area contributed by atoms with Crippen molar-refractivity contribution in [2.75, 3.05) is 5.32 Å². The quantitative estimate of drug-likeness (QED) is 0.649. The molecule has 0 fully saturated rings. The van der Waals surface area contributed by atoms with Crippen molar-refractivity contribution in [3.8, 4) is 5.75 Å². The molecule has 2 aromatic carbocycles. The minimum absolute atomic E-state index is 0.0625. The zero-order valence-electron chi connectivity index (χ0n) is 14.0. The zero-order chi connectivity index (χ0) is 17.7. The van der Waals surface area contributed by atoms with Gasteiger partial charge < -0.3 is 10.1 Å². The molecule has 0 aliphatic rings. The van der Waals surface area contributed by atoms with Gasteiger partial charge in [0.25, 0.3) is 6.43 Å². The SMILES string of the molecule is CCC(=S)Nc1c(COc2ccc(C)cc2C)cccc1C(F)F. The Bertz CT molecular complexity index is 731. The van der Waals surface area contributed by atoms with Gasteiger partial charge >= 0.3 is 0 Å². The van der Waals surface area contributed by atoms with E-state index < -0.39 is 6.43 Å². The summed E-state index contributed by atoms with van der Waals surface area (Å²) in [6, 6.07) is 10.7. The van der Waals surface area contributed by atoms with Crippen LogP contribution in [0.25, 0.3) is 0 Å². The van der Waals surface area contributed by atoms with Gasteiger partial charge in [0.05, 0.1) is 10.7 Å². The molecule has 0 saturated heterocycles. The molecule has 0 aliphatic carbocycles. The first-order valence-electron chi connectivity index (χ1n) is 7.82. The fraction of sp³-hybridized carbons (Fsp3) is 0.316. The standard InChI is InChI=1S/C19H21F2NOS/c1-4-17(24)22-18-14(6-5-7-15(18)19(20)21)11-23-16-9-8-12(2)10-13(16)3/h5-10,19H,4,11H2,1-3H3,(H,22,24). The third-order valence-corrected chi connectivity index (χ3v) is 4.11. The number of hydrogen-bond acceptors (Lipinski definition) is 2. The topological polar surface area (TPSA) is 21.3 Å². The number of para-hydroxylation sites is 1. The number of anilines is 1. The summed E-state index contributed by atoms with van der Waals surface area (Å²) in [4.78, 5) is 0.524. The first-order chi connectivity index (χ1) is 11.4. The molecular weight excluding hydrogens is 328 g/mol. The summed E-state index contributed by atoms with van der Waals surface area (Å²) in [5.74, 6) is 0.743.